The van der Waals surface area contributed by atoms with Crippen LogP contribution in [0.2, 0.25) is 0 Å². The summed E-state index contributed by atoms with van der Waals surface area (Å²) >= 11 is 0. The van der Waals surface area contributed by atoms with E-state index in [1.54, 1.807) is 0 Å². The lowest BCUT2D eigenvalue weighted by molar-refractivity contribution is -0.174. The topological polar surface area (TPSA) is 61.5 Å². The minimum absolute atomic E-state index is 0.221. The van der Waals surface area contributed by atoms with Crippen LogP contribution < -0.4 is 10.5 Å². The third-order valence-electron chi connectivity index (χ3n) is 2.38. The van der Waals surface area contributed by atoms with E-state index in [4.69, 9.17) is 5.73 Å². The van der Waals surface area contributed by atoms with Gasteiger partial charge in [-0.05, 0) is 24.6 Å². The summed E-state index contributed by atoms with van der Waals surface area (Å²) < 4.78 is 59.8. The molecule has 0 heterocycles. The molecule has 0 aliphatic rings. The lowest BCUT2D eigenvalue weighted by Gasteiger charge is -2.22. The van der Waals surface area contributed by atoms with E-state index in [1.807, 2.05) is 0 Å². The predicted octanol–water partition coefficient (Wildman–Crippen LogP) is 2.49. The molecule has 0 saturated heterocycles. The number of rotatable bonds is 6. The Labute approximate surface area is 112 Å². The molecule has 0 fully saturated rings. The van der Waals surface area contributed by atoms with Crippen LogP contribution in [0.4, 0.5) is 17.6 Å². The summed E-state index contributed by atoms with van der Waals surface area (Å²) in [5, 5.41) is 0. The van der Waals surface area contributed by atoms with E-state index >= 15 is 0 Å². The Kier molecular flexibility index (Phi) is 5.32. The van der Waals surface area contributed by atoms with Crippen molar-refractivity contribution in [2.24, 2.45) is 5.73 Å². The van der Waals surface area contributed by atoms with Gasteiger partial charge < -0.3 is 15.2 Å². The summed E-state index contributed by atoms with van der Waals surface area (Å²) in [4.78, 5) is 11.1. The minimum atomic E-state index is -3.97. The summed E-state index contributed by atoms with van der Waals surface area (Å²) in [6, 6.07) is 2.45. The Balaban J connectivity index is 2.96. The fourth-order valence-electron chi connectivity index (χ4n) is 1.45. The SMILES string of the molecule is CCOC(=O)C(F)(F)[C@@H](N)c1cccc(OC(F)F)c1. The number of hydrogen-bond acceptors (Lipinski definition) is 4. The van der Waals surface area contributed by atoms with Gasteiger partial charge in [0.15, 0.2) is 0 Å². The van der Waals surface area contributed by atoms with E-state index in [-0.39, 0.29) is 17.9 Å². The van der Waals surface area contributed by atoms with Gasteiger partial charge in [-0.3, -0.25) is 0 Å². The Morgan fingerprint density at radius 3 is 2.60 bits per heavy atom. The third kappa shape index (κ3) is 3.83. The molecule has 8 heteroatoms. The zero-order valence-electron chi connectivity index (χ0n) is 10.5. The number of ether oxygens (including phenoxy) is 2. The predicted molar refractivity (Wildman–Crippen MR) is 61.6 cm³/mol. The lowest BCUT2D eigenvalue weighted by atomic mass is 10.0. The van der Waals surface area contributed by atoms with Gasteiger partial charge in [-0.1, -0.05) is 12.1 Å². The maximum atomic E-state index is 13.7. The van der Waals surface area contributed by atoms with Gasteiger partial charge in [0.05, 0.1) is 6.61 Å². The molecule has 0 bridgehead atoms. The molecule has 20 heavy (non-hydrogen) atoms. The second kappa shape index (κ2) is 6.56. The molecular formula is C12H13F4NO3. The Bertz CT molecular complexity index is 468. The first-order valence-electron chi connectivity index (χ1n) is 5.64. The van der Waals surface area contributed by atoms with Crippen molar-refractivity contribution < 1.29 is 31.8 Å². The highest BCUT2D eigenvalue weighted by Gasteiger charge is 2.47. The maximum Gasteiger partial charge on any atom is 0.387 e. The molecule has 1 aromatic carbocycles. The van der Waals surface area contributed by atoms with Crippen LogP contribution in [-0.2, 0) is 9.53 Å². The van der Waals surface area contributed by atoms with Crippen molar-refractivity contribution in [1.82, 2.24) is 0 Å². The second-order valence-corrected chi connectivity index (χ2v) is 3.77. The van der Waals surface area contributed by atoms with Gasteiger partial charge in [-0.25, -0.2) is 4.79 Å². The molecule has 0 unspecified atom stereocenters. The van der Waals surface area contributed by atoms with Gasteiger partial charge in [0, 0.05) is 0 Å². The van der Waals surface area contributed by atoms with Crippen LogP contribution in [0.1, 0.15) is 18.5 Å². The third-order valence-corrected chi connectivity index (χ3v) is 2.38. The van der Waals surface area contributed by atoms with Crippen molar-refractivity contribution in [3.8, 4) is 5.75 Å². The average Bonchev–Trinajstić information content (AvgIpc) is 2.37. The number of alkyl halides is 4. The zero-order valence-corrected chi connectivity index (χ0v) is 10.5. The smallest absolute Gasteiger partial charge is 0.387 e. The molecular weight excluding hydrogens is 282 g/mol. The van der Waals surface area contributed by atoms with Crippen LogP contribution in [0.15, 0.2) is 24.3 Å². The largest absolute Gasteiger partial charge is 0.462 e. The molecule has 1 atom stereocenters. The molecule has 0 aliphatic carbocycles. The maximum absolute atomic E-state index is 13.7. The average molecular weight is 295 g/mol. The first-order chi connectivity index (χ1) is 9.28. The summed E-state index contributed by atoms with van der Waals surface area (Å²) in [6.45, 7) is -1.95. The molecule has 1 rings (SSSR count). The van der Waals surface area contributed by atoms with E-state index < -0.39 is 24.5 Å². The van der Waals surface area contributed by atoms with E-state index in [9.17, 15) is 22.4 Å². The van der Waals surface area contributed by atoms with Crippen LogP contribution in [0.3, 0.4) is 0 Å². The number of carbonyl (C=O) groups is 1. The summed E-state index contributed by atoms with van der Waals surface area (Å²) in [5.74, 6) is -6.07. The quantitative estimate of drug-likeness (QED) is 0.647. The van der Waals surface area contributed by atoms with Crippen LogP contribution in [-0.4, -0.2) is 25.1 Å². The van der Waals surface area contributed by atoms with Crippen LogP contribution in [0.25, 0.3) is 0 Å². The van der Waals surface area contributed by atoms with E-state index in [0.717, 1.165) is 12.1 Å². The van der Waals surface area contributed by atoms with Crippen molar-refractivity contribution in [1.29, 1.82) is 0 Å². The van der Waals surface area contributed by atoms with Crippen molar-refractivity contribution in [3.05, 3.63) is 29.8 Å². The molecule has 0 radical (unpaired) electrons. The molecule has 0 saturated carbocycles. The summed E-state index contributed by atoms with van der Waals surface area (Å²) in [7, 11) is 0. The van der Waals surface area contributed by atoms with E-state index in [1.165, 1.54) is 19.1 Å². The molecule has 112 valence electrons. The highest BCUT2D eigenvalue weighted by molar-refractivity contribution is 5.78. The normalized spacial score (nSPS) is 13.2. The second-order valence-electron chi connectivity index (χ2n) is 3.77. The van der Waals surface area contributed by atoms with Crippen LogP contribution in [0, 0.1) is 0 Å². The molecule has 0 aromatic heterocycles. The zero-order chi connectivity index (χ0) is 15.3. The van der Waals surface area contributed by atoms with Gasteiger partial charge in [-0.15, -0.1) is 0 Å². The van der Waals surface area contributed by atoms with Crippen LogP contribution >= 0.6 is 0 Å². The molecule has 0 spiro atoms. The molecule has 4 nitrogen and oxygen atoms in total. The number of benzene rings is 1. The standard InChI is InChI=1S/C12H13F4NO3/c1-2-19-10(18)12(15,16)9(17)7-4-3-5-8(6-7)20-11(13)14/h3-6,9,11H,2,17H2,1H3/t9-/m0/s1. The van der Waals surface area contributed by atoms with E-state index in [0.29, 0.717) is 0 Å². The van der Waals surface area contributed by atoms with Crippen LogP contribution in [0.5, 0.6) is 5.75 Å². The van der Waals surface area contributed by atoms with Gasteiger partial charge in [0.2, 0.25) is 0 Å². The fraction of sp³-hybridized carbons (Fsp3) is 0.417. The fourth-order valence-corrected chi connectivity index (χ4v) is 1.45. The number of hydrogen-bond donors (Lipinski definition) is 1. The number of halogens is 4. The van der Waals surface area contributed by atoms with Crippen molar-refractivity contribution >= 4 is 5.97 Å². The summed E-state index contributed by atoms with van der Waals surface area (Å²) in [6.07, 6.45) is 0. The van der Waals surface area contributed by atoms with Crippen molar-refractivity contribution in [3.63, 3.8) is 0 Å². The Morgan fingerprint density at radius 2 is 2.05 bits per heavy atom. The number of esters is 1. The van der Waals surface area contributed by atoms with Gasteiger partial charge in [0.1, 0.15) is 11.8 Å². The highest BCUT2D eigenvalue weighted by Crippen LogP contribution is 2.32. The molecule has 2 N–H and O–H groups in total. The van der Waals surface area contributed by atoms with E-state index in [2.05, 4.69) is 9.47 Å². The molecule has 0 amide bonds. The first-order valence-corrected chi connectivity index (χ1v) is 5.64. The Hall–Kier alpha value is -1.83. The van der Waals surface area contributed by atoms with Crippen molar-refractivity contribution in [2.45, 2.75) is 25.5 Å². The monoisotopic (exact) mass is 295 g/mol. The minimum Gasteiger partial charge on any atom is -0.462 e. The highest BCUT2D eigenvalue weighted by atomic mass is 19.3. The van der Waals surface area contributed by atoms with Gasteiger partial charge in [-0.2, -0.15) is 17.6 Å². The number of nitrogens with two attached hydrogens (primary N) is 1. The van der Waals surface area contributed by atoms with Gasteiger partial charge in [0.25, 0.3) is 0 Å². The molecule has 1 aromatic rings. The number of carbonyl (C=O) groups excluding carboxylic acids is 1. The Morgan fingerprint density at radius 1 is 1.40 bits per heavy atom. The lowest BCUT2D eigenvalue weighted by Crippen LogP contribution is -2.41. The van der Waals surface area contributed by atoms with Gasteiger partial charge >= 0.3 is 18.5 Å². The molecule has 0 aliphatic heterocycles. The summed E-state index contributed by atoms with van der Waals surface area (Å²) in [5.41, 5.74) is 5.09. The van der Waals surface area contributed by atoms with Crippen molar-refractivity contribution in [2.75, 3.05) is 6.61 Å². The first kappa shape index (κ1) is 16.2.